The van der Waals surface area contributed by atoms with Gasteiger partial charge in [0.05, 0.1) is 27.7 Å². The van der Waals surface area contributed by atoms with Crippen molar-refractivity contribution in [3.8, 4) is 0 Å². The number of ether oxygens (including phenoxy) is 2. The van der Waals surface area contributed by atoms with Gasteiger partial charge in [0.15, 0.2) is 6.10 Å². The Kier molecular flexibility index (Phi) is 75.4. The van der Waals surface area contributed by atoms with Crippen molar-refractivity contribution in [2.75, 3.05) is 47.5 Å². The van der Waals surface area contributed by atoms with Gasteiger partial charge in [-0.05, 0) is 12.8 Å². The average molecular weight is 1350 g/mol. The van der Waals surface area contributed by atoms with Crippen molar-refractivity contribution >= 4 is 19.8 Å². The van der Waals surface area contributed by atoms with Gasteiger partial charge >= 0.3 is 11.9 Å². The van der Waals surface area contributed by atoms with E-state index in [2.05, 4.69) is 13.8 Å². The van der Waals surface area contributed by atoms with Crippen LogP contribution in [-0.4, -0.2) is 70.0 Å². The van der Waals surface area contributed by atoms with E-state index in [0.29, 0.717) is 17.4 Å². The molecule has 2 unspecified atom stereocenters. The molecule has 562 valence electrons. The first kappa shape index (κ1) is 93.0. The Bertz CT molecular complexity index is 1540. The minimum absolute atomic E-state index is 0.0246. The molecule has 0 aliphatic carbocycles. The van der Waals surface area contributed by atoms with Gasteiger partial charge in [-0.25, -0.2) is 0 Å². The number of phosphoric acid groups is 1. The Hall–Kier alpha value is -0.990. The third-order valence-electron chi connectivity index (χ3n) is 20.1. The van der Waals surface area contributed by atoms with Crippen molar-refractivity contribution in [1.82, 2.24) is 0 Å². The number of phosphoric ester groups is 1. The zero-order chi connectivity index (χ0) is 68.3. The summed E-state index contributed by atoms with van der Waals surface area (Å²) in [4.78, 5) is 38.2. The molecule has 2 atom stereocenters. The number of rotatable bonds is 82. The van der Waals surface area contributed by atoms with E-state index in [-0.39, 0.29) is 32.0 Å². The number of esters is 2. The van der Waals surface area contributed by atoms with Crippen LogP contribution in [0.15, 0.2) is 0 Å². The van der Waals surface area contributed by atoms with E-state index < -0.39 is 26.5 Å². The van der Waals surface area contributed by atoms with E-state index in [1.54, 1.807) is 0 Å². The molecule has 0 rings (SSSR count). The number of likely N-dealkylation sites (N-methyl/N-ethyl adjacent to an activating group) is 1. The van der Waals surface area contributed by atoms with E-state index in [1.165, 1.54) is 411 Å². The van der Waals surface area contributed by atoms with Gasteiger partial charge in [0.2, 0.25) is 0 Å². The summed E-state index contributed by atoms with van der Waals surface area (Å²) >= 11 is 0. The molecule has 0 fully saturated rings. The van der Waals surface area contributed by atoms with Crippen LogP contribution in [0.4, 0.5) is 0 Å². The van der Waals surface area contributed by atoms with Crippen LogP contribution in [0.5, 0.6) is 0 Å². The van der Waals surface area contributed by atoms with Crippen molar-refractivity contribution in [2.24, 2.45) is 0 Å². The van der Waals surface area contributed by atoms with E-state index in [4.69, 9.17) is 18.5 Å². The van der Waals surface area contributed by atoms with Crippen molar-refractivity contribution in [2.45, 2.75) is 482 Å². The number of carbonyl (C=O) groups excluding carboxylic acids is 2. The average Bonchev–Trinajstić information content (AvgIpc) is 1.57. The van der Waals surface area contributed by atoms with Crippen LogP contribution in [0, 0.1) is 0 Å². The molecule has 0 aliphatic rings. The molecule has 0 aromatic rings. The minimum atomic E-state index is -4.64. The van der Waals surface area contributed by atoms with Gasteiger partial charge in [-0.1, -0.05) is 450 Å². The Morgan fingerprint density at radius 2 is 0.479 bits per heavy atom. The summed E-state index contributed by atoms with van der Waals surface area (Å²) in [6.45, 7) is 4.35. The molecule has 0 aromatic carbocycles. The number of carbonyl (C=O) groups is 2. The summed E-state index contributed by atoms with van der Waals surface area (Å²) in [6.07, 6.45) is 95.6. The highest BCUT2D eigenvalue weighted by molar-refractivity contribution is 7.45. The van der Waals surface area contributed by atoms with Crippen LogP contribution in [0.2, 0.25) is 0 Å². The molecule has 0 heterocycles. The molecule has 0 saturated carbocycles. The SMILES string of the molecule is CCCCCCCCCCCCCCCCCCCCCCCCCCCCCCCCCCCCCCCCCCCC(=O)OC(COC(=O)CCCCCCCCCCCCCCCCCCCCCCCCCCCCCCC)COP(=O)([O-])OCC[N+](C)(C)C. The van der Waals surface area contributed by atoms with Gasteiger partial charge in [-0.15, -0.1) is 0 Å². The number of hydrogen-bond donors (Lipinski definition) is 0. The highest BCUT2D eigenvalue weighted by Crippen LogP contribution is 2.38. The second-order valence-electron chi connectivity index (χ2n) is 30.9. The molecule has 10 heteroatoms. The smallest absolute Gasteiger partial charge is 0.306 e. The van der Waals surface area contributed by atoms with Crippen molar-refractivity contribution in [3.63, 3.8) is 0 Å². The minimum Gasteiger partial charge on any atom is -0.756 e. The largest absolute Gasteiger partial charge is 0.756 e. The lowest BCUT2D eigenvalue weighted by Gasteiger charge is -2.28. The Balaban J connectivity index is 3.83. The highest BCUT2D eigenvalue weighted by Gasteiger charge is 2.22. The van der Waals surface area contributed by atoms with Gasteiger partial charge in [-0.3, -0.25) is 14.2 Å². The number of unbranched alkanes of at least 4 members (excludes halogenated alkanes) is 68. The lowest BCUT2D eigenvalue weighted by molar-refractivity contribution is -0.870. The monoisotopic (exact) mass is 1350 g/mol. The van der Waals surface area contributed by atoms with E-state index in [0.717, 1.165) is 32.1 Å². The Labute approximate surface area is 588 Å². The van der Waals surface area contributed by atoms with Crippen LogP contribution in [0.3, 0.4) is 0 Å². The molecule has 0 N–H and O–H groups in total. The molecule has 9 nitrogen and oxygen atoms in total. The van der Waals surface area contributed by atoms with Crippen molar-refractivity contribution in [3.05, 3.63) is 0 Å². The van der Waals surface area contributed by atoms with Gasteiger partial charge in [0, 0.05) is 12.8 Å². The maximum Gasteiger partial charge on any atom is 0.306 e. The second-order valence-corrected chi connectivity index (χ2v) is 32.3. The first-order valence-electron chi connectivity index (χ1n) is 42.7. The quantitative estimate of drug-likeness (QED) is 0.0256. The topological polar surface area (TPSA) is 111 Å². The number of hydrogen-bond acceptors (Lipinski definition) is 8. The molecule has 0 spiro atoms. The third-order valence-corrected chi connectivity index (χ3v) is 21.1. The lowest BCUT2D eigenvalue weighted by atomic mass is 10.0. The Morgan fingerprint density at radius 3 is 0.681 bits per heavy atom. The number of quaternary nitrogens is 1. The van der Waals surface area contributed by atoms with Gasteiger partial charge in [0.25, 0.3) is 7.82 Å². The molecule has 0 radical (unpaired) electrons. The van der Waals surface area contributed by atoms with Crippen LogP contribution >= 0.6 is 7.82 Å². The first-order valence-corrected chi connectivity index (χ1v) is 44.2. The predicted octanol–water partition coefficient (Wildman–Crippen LogP) is 27.8. The van der Waals surface area contributed by atoms with Crippen LogP contribution in [-0.2, 0) is 32.7 Å². The molecule has 94 heavy (non-hydrogen) atoms. The van der Waals surface area contributed by atoms with Gasteiger partial charge < -0.3 is 27.9 Å². The molecule has 0 bridgehead atoms. The number of nitrogens with zero attached hydrogens (tertiary/aromatic N) is 1. The van der Waals surface area contributed by atoms with E-state index in [1.807, 2.05) is 21.1 Å². The maximum absolute atomic E-state index is 12.9. The molecular weight excluding hydrogens is 1180 g/mol. The maximum atomic E-state index is 12.9. The molecule has 0 aromatic heterocycles. The zero-order valence-corrected chi connectivity index (χ0v) is 65.4. The summed E-state index contributed by atoms with van der Waals surface area (Å²) in [5.41, 5.74) is 0. The third kappa shape index (κ3) is 80.0. The second kappa shape index (κ2) is 76.2. The molecule has 0 aliphatic heterocycles. The molecular formula is C84H168NO8P. The van der Waals surface area contributed by atoms with Crippen LogP contribution in [0.25, 0.3) is 0 Å². The van der Waals surface area contributed by atoms with Crippen LogP contribution < -0.4 is 4.89 Å². The summed E-state index contributed by atoms with van der Waals surface area (Å²) in [5, 5.41) is 0. The fourth-order valence-electron chi connectivity index (χ4n) is 13.6. The van der Waals surface area contributed by atoms with E-state index >= 15 is 0 Å². The standard InChI is InChI=1S/C84H168NO8P/c1-6-8-10-12-14-16-18-20-22-24-26-28-30-32-34-36-37-38-39-40-41-42-43-44-45-46-47-49-51-53-55-57-59-61-63-65-67-69-71-73-75-77-84(87)93-82(81-92-94(88,89)91-79-78-85(3,4)5)80-90-83(86)76-74-72-70-68-66-64-62-60-58-56-54-52-50-48-35-33-31-29-27-25-23-21-19-17-15-13-11-9-7-2/h82H,6-81H2,1-5H3. The first-order chi connectivity index (χ1) is 46.0. The zero-order valence-electron chi connectivity index (χ0n) is 64.5. The Morgan fingerprint density at radius 1 is 0.287 bits per heavy atom. The fraction of sp³-hybridized carbons (Fsp3) is 0.976. The van der Waals surface area contributed by atoms with Crippen molar-refractivity contribution in [1.29, 1.82) is 0 Å². The predicted molar refractivity (Wildman–Crippen MR) is 407 cm³/mol. The summed E-state index contributed by atoms with van der Waals surface area (Å²) in [6, 6.07) is 0. The lowest BCUT2D eigenvalue weighted by Crippen LogP contribution is -2.37. The van der Waals surface area contributed by atoms with Crippen LogP contribution in [0.1, 0.15) is 476 Å². The fourth-order valence-corrected chi connectivity index (χ4v) is 14.3. The summed E-state index contributed by atoms with van der Waals surface area (Å²) < 4.78 is 34.5. The van der Waals surface area contributed by atoms with Gasteiger partial charge in [0.1, 0.15) is 19.8 Å². The molecule has 0 amide bonds. The summed E-state index contributed by atoms with van der Waals surface area (Å²) in [5.74, 6) is -0.799. The molecule has 0 saturated heterocycles. The normalized spacial score (nSPS) is 12.9. The highest BCUT2D eigenvalue weighted by atomic mass is 31.2. The van der Waals surface area contributed by atoms with E-state index in [9.17, 15) is 19.0 Å². The summed E-state index contributed by atoms with van der Waals surface area (Å²) in [7, 11) is 1.20. The van der Waals surface area contributed by atoms with Gasteiger partial charge in [-0.2, -0.15) is 0 Å². The van der Waals surface area contributed by atoms with Crippen molar-refractivity contribution < 1.29 is 42.1 Å².